The largest absolute Gasteiger partial charge is 0.466 e. The van der Waals surface area contributed by atoms with Gasteiger partial charge in [0.05, 0.1) is 6.61 Å². The van der Waals surface area contributed by atoms with Gasteiger partial charge in [-0.15, -0.1) is 0 Å². The summed E-state index contributed by atoms with van der Waals surface area (Å²) in [6.07, 6.45) is 15.6. The van der Waals surface area contributed by atoms with Crippen LogP contribution >= 0.6 is 0 Å². The molecule has 0 amide bonds. The molecule has 0 bridgehead atoms. The van der Waals surface area contributed by atoms with Gasteiger partial charge in [-0.2, -0.15) is 0 Å². The molecule has 0 heterocycles. The van der Waals surface area contributed by atoms with Gasteiger partial charge in [0, 0.05) is 6.42 Å². The molecule has 0 radical (unpaired) electrons. The van der Waals surface area contributed by atoms with Gasteiger partial charge in [0.25, 0.3) is 0 Å². The molecule has 122 valence electrons. The molecule has 0 aliphatic rings. The van der Waals surface area contributed by atoms with Crippen molar-refractivity contribution in [1.29, 1.82) is 0 Å². The van der Waals surface area contributed by atoms with Crippen LogP contribution in [-0.2, 0) is 9.53 Å². The average Bonchev–Trinajstić information content (AvgIpc) is 2.49. The van der Waals surface area contributed by atoms with Gasteiger partial charge < -0.3 is 4.74 Å². The van der Waals surface area contributed by atoms with Crippen LogP contribution in [0.1, 0.15) is 72.6 Å². The van der Waals surface area contributed by atoms with Crippen molar-refractivity contribution in [3.8, 4) is 0 Å². The Balaban J connectivity index is 3.67. The summed E-state index contributed by atoms with van der Waals surface area (Å²) in [5.74, 6) is 1.19. The van der Waals surface area contributed by atoms with E-state index in [1.165, 1.54) is 0 Å². The third kappa shape index (κ3) is 11.3. The third-order valence-electron chi connectivity index (χ3n) is 3.92. The van der Waals surface area contributed by atoms with E-state index in [2.05, 4.69) is 45.1 Å². The van der Waals surface area contributed by atoms with Crippen molar-refractivity contribution < 1.29 is 9.53 Å². The number of carbonyl (C=O) groups excluding carboxylic acids is 1. The van der Waals surface area contributed by atoms with Gasteiger partial charge in [-0.1, -0.05) is 38.2 Å². The SMILES string of the molecule is C/C=C/C(CC)CCCOC(=O)CCCC(/C=C/C)CC. The molecular weight excluding hydrogens is 260 g/mol. The lowest BCUT2D eigenvalue weighted by Gasteiger charge is -2.11. The van der Waals surface area contributed by atoms with Crippen LogP contribution in [0.2, 0.25) is 0 Å². The van der Waals surface area contributed by atoms with E-state index in [4.69, 9.17) is 4.74 Å². The van der Waals surface area contributed by atoms with Crippen LogP contribution in [0.15, 0.2) is 24.3 Å². The van der Waals surface area contributed by atoms with Crippen molar-refractivity contribution in [2.45, 2.75) is 72.6 Å². The van der Waals surface area contributed by atoms with Crippen LogP contribution in [0.25, 0.3) is 0 Å². The molecule has 0 saturated carbocycles. The number of rotatable bonds is 12. The Morgan fingerprint density at radius 2 is 1.48 bits per heavy atom. The molecule has 2 nitrogen and oxygen atoms in total. The topological polar surface area (TPSA) is 26.3 Å². The fourth-order valence-corrected chi connectivity index (χ4v) is 2.53. The van der Waals surface area contributed by atoms with Crippen molar-refractivity contribution in [3.05, 3.63) is 24.3 Å². The fraction of sp³-hybridized carbons (Fsp3) is 0.737. The second kappa shape index (κ2) is 13.9. The Kier molecular flexibility index (Phi) is 13.2. The molecule has 0 spiro atoms. The Morgan fingerprint density at radius 1 is 0.952 bits per heavy atom. The van der Waals surface area contributed by atoms with Crippen molar-refractivity contribution >= 4 is 5.97 Å². The van der Waals surface area contributed by atoms with E-state index in [9.17, 15) is 4.79 Å². The molecule has 2 heteroatoms. The molecule has 0 aromatic rings. The Hall–Kier alpha value is -1.05. The highest BCUT2D eigenvalue weighted by Gasteiger charge is 2.07. The monoisotopic (exact) mass is 294 g/mol. The number of ether oxygens (including phenoxy) is 1. The molecule has 21 heavy (non-hydrogen) atoms. The van der Waals surface area contributed by atoms with Crippen LogP contribution in [0.3, 0.4) is 0 Å². The van der Waals surface area contributed by atoms with Crippen LogP contribution in [0.5, 0.6) is 0 Å². The molecule has 0 fully saturated rings. The van der Waals surface area contributed by atoms with Gasteiger partial charge in [-0.3, -0.25) is 4.79 Å². The maximum atomic E-state index is 11.7. The van der Waals surface area contributed by atoms with Gasteiger partial charge >= 0.3 is 5.97 Å². The van der Waals surface area contributed by atoms with E-state index in [1.807, 2.05) is 6.92 Å². The zero-order chi connectivity index (χ0) is 15.9. The average molecular weight is 294 g/mol. The molecule has 0 aliphatic carbocycles. The summed E-state index contributed by atoms with van der Waals surface area (Å²) in [5, 5.41) is 0. The maximum Gasteiger partial charge on any atom is 0.305 e. The minimum Gasteiger partial charge on any atom is -0.466 e. The summed E-state index contributed by atoms with van der Waals surface area (Å²) in [6.45, 7) is 9.07. The van der Waals surface area contributed by atoms with Crippen LogP contribution in [0.4, 0.5) is 0 Å². The first-order valence-corrected chi connectivity index (χ1v) is 8.59. The second-order valence-corrected chi connectivity index (χ2v) is 5.64. The number of esters is 1. The highest BCUT2D eigenvalue weighted by atomic mass is 16.5. The van der Waals surface area contributed by atoms with E-state index >= 15 is 0 Å². The third-order valence-corrected chi connectivity index (χ3v) is 3.92. The van der Waals surface area contributed by atoms with Crippen molar-refractivity contribution in [1.82, 2.24) is 0 Å². The lowest BCUT2D eigenvalue weighted by molar-refractivity contribution is -0.144. The molecule has 0 N–H and O–H groups in total. The highest BCUT2D eigenvalue weighted by molar-refractivity contribution is 5.69. The van der Waals surface area contributed by atoms with Gasteiger partial charge in [0.2, 0.25) is 0 Å². The molecule has 2 unspecified atom stereocenters. The Morgan fingerprint density at radius 3 is 1.95 bits per heavy atom. The summed E-state index contributed by atoms with van der Waals surface area (Å²) in [5.41, 5.74) is 0. The first-order valence-electron chi connectivity index (χ1n) is 8.59. The zero-order valence-corrected chi connectivity index (χ0v) is 14.4. The quantitative estimate of drug-likeness (QED) is 0.263. The number of hydrogen-bond donors (Lipinski definition) is 0. The van der Waals surface area contributed by atoms with E-state index in [-0.39, 0.29) is 5.97 Å². The molecule has 2 atom stereocenters. The summed E-state index contributed by atoms with van der Waals surface area (Å²) < 4.78 is 5.31. The second-order valence-electron chi connectivity index (χ2n) is 5.64. The van der Waals surface area contributed by atoms with Gasteiger partial charge in [-0.05, 0) is 64.2 Å². The molecule has 0 aromatic carbocycles. The minimum atomic E-state index is -0.0376. The highest BCUT2D eigenvalue weighted by Crippen LogP contribution is 2.15. The standard InChI is InChI=1S/C19H34O2/c1-5-11-17(7-3)13-9-15-19(20)21-16-10-14-18(8-4)12-6-2/h5-6,11-12,17-18H,7-10,13-16H2,1-4H3/b11-5+,12-6+. The van der Waals surface area contributed by atoms with Gasteiger partial charge in [0.1, 0.15) is 0 Å². The number of allylic oxidation sites excluding steroid dienone is 4. The van der Waals surface area contributed by atoms with E-state index in [0.717, 1.165) is 38.5 Å². The number of hydrogen-bond acceptors (Lipinski definition) is 2. The fourth-order valence-electron chi connectivity index (χ4n) is 2.53. The predicted molar refractivity (Wildman–Crippen MR) is 91.2 cm³/mol. The van der Waals surface area contributed by atoms with Crippen LogP contribution in [-0.4, -0.2) is 12.6 Å². The Labute approximate surface area is 131 Å². The first kappa shape index (κ1) is 19.9. The molecule has 0 aromatic heterocycles. The first-order chi connectivity index (χ1) is 10.2. The van der Waals surface area contributed by atoms with Gasteiger partial charge in [0.15, 0.2) is 0 Å². The van der Waals surface area contributed by atoms with E-state index in [0.29, 0.717) is 24.9 Å². The Bertz CT molecular complexity index is 305. The van der Waals surface area contributed by atoms with Crippen LogP contribution < -0.4 is 0 Å². The zero-order valence-electron chi connectivity index (χ0n) is 14.4. The summed E-state index contributed by atoms with van der Waals surface area (Å²) >= 11 is 0. The van der Waals surface area contributed by atoms with E-state index in [1.54, 1.807) is 0 Å². The predicted octanol–water partition coefficient (Wildman–Crippen LogP) is 5.68. The summed E-state index contributed by atoms with van der Waals surface area (Å²) in [4.78, 5) is 11.7. The lowest BCUT2D eigenvalue weighted by Crippen LogP contribution is -2.08. The normalized spacial score (nSPS) is 14.7. The van der Waals surface area contributed by atoms with Crippen molar-refractivity contribution in [2.24, 2.45) is 11.8 Å². The smallest absolute Gasteiger partial charge is 0.305 e. The maximum absolute atomic E-state index is 11.7. The molecule has 0 rings (SSSR count). The number of carbonyl (C=O) groups is 1. The van der Waals surface area contributed by atoms with Crippen molar-refractivity contribution in [3.63, 3.8) is 0 Å². The van der Waals surface area contributed by atoms with Gasteiger partial charge in [-0.25, -0.2) is 0 Å². The summed E-state index contributed by atoms with van der Waals surface area (Å²) in [7, 11) is 0. The molecule has 0 saturated heterocycles. The molecule has 0 aliphatic heterocycles. The van der Waals surface area contributed by atoms with E-state index < -0.39 is 0 Å². The summed E-state index contributed by atoms with van der Waals surface area (Å²) in [6, 6.07) is 0. The van der Waals surface area contributed by atoms with Crippen LogP contribution in [0, 0.1) is 11.8 Å². The minimum absolute atomic E-state index is 0.0376. The van der Waals surface area contributed by atoms with Crippen molar-refractivity contribution in [2.75, 3.05) is 6.61 Å². The molecular formula is C19H34O2. The lowest BCUT2D eigenvalue weighted by atomic mass is 9.99.